The van der Waals surface area contributed by atoms with E-state index >= 15 is 0 Å². The van der Waals surface area contributed by atoms with E-state index < -0.39 is 46.8 Å². The molecule has 1 fully saturated rings. The Bertz CT molecular complexity index is 928. The fraction of sp³-hybridized carbons (Fsp3) is 0.706. The van der Waals surface area contributed by atoms with Crippen LogP contribution in [0, 0.1) is 0 Å². The highest BCUT2D eigenvalue weighted by Gasteiger charge is 2.41. The summed E-state index contributed by atoms with van der Waals surface area (Å²) in [7, 11) is -2.67. The van der Waals surface area contributed by atoms with Gasteiger partial charge in [0, 0.05) is 6.54 Å². The van der Waals surface area contributed by atoms with Crippen molar-refractivity contribution in [1.29, 1.82) is 0 Å². The van der Waals surface area contributed by atoms with Gasteiger partial charge in [0.1, 0.15) is 5.60 Å². The van der Waals surface area contributed by atoms with Crippen LogP contribution >= 0.6 is 0 Å². The number of hydrogen-bond acceptors (Lipinski definition) is 8. The molecule has 1 amide bonds. The standard InChI is InChI=1S/C17H26F3N5O6S/c1-16(2,3)31-15(27)22-32(28,29)25(12-6-5-7-23(4)9-12)13-8-21-24(10-13)11-30-14(26)17(18,19)20/h8,10,12H,5-7,9,11H2,1-4H3,(H,22,27). The molecule has 15 heteroatoms. The molecule has 1 aromatic heterocycles. The Balaban J connectivity index is 2.27. The second kappa shape index (κ2) is 9.52. The molecule has 0 aromatic carbocycles. The van der Waals surface area contributed by atoms with Crippen LogP contribution in [0.15, 0.2) is 12.4 Å². The third kappa shape index (κ3) is 7.25. The van der Waals surface area contributed by atoms with E-state index in [1.54, 1.807) is 27.8 Å². The van der Waals surface area contributed by atoms with E-state index in [1.165, 1.54) is 0 Å². The van der Waals surface area contributed by atoms with Gasteiger partial charge in [0.15, 0.2) is 6.73 Å². The molecule has 1 N–H and O–H groups in total. The maximum Gasteiger partial charge on any atom is 0.490 e. The SMILES string of the molecule is CN1CCCC(N(c2cnn(COC(=O)C(F)(F)F)c2)S(=O)(=O)NC(=O)OC(C)(C)C)C1. The predicted octanol–water partition coefficient (Wildman–Crippen LogP) is 1.62. The van der Waals surface area contributed by atoms with Crippen molar-refractivity contribution < 1.29 is 40.7 Å². The number of esters is 1. The largest absolute Gasteiger partial charge is 0.490 e. The van der Waals surface area contributed by atoms with Crippen LogP contribution in [0.1, 0.15) is 33.6 Å². The van der Waals surface area contributed by atoms with Crippen molar-refractivity contribution in [2.45, 2.75) is 58.2 Å². The molecule has 1 atom stereocenters. The van der Waals surface area contributed by atoms with Gasteiger partial charge in [-0.3, -0.25) is 0 Å². The lowest BCUT2D eigenvalue weighted by atomic mass is 10.1. The minimum Gasteiger partial charge on any atom is -0.443 e. The molecule has 182 valence electrons. The normalized spacial score (nSPS) is 18.2. The Labute approximate surface area is 183 Å². The Morgan fingerprint density at radius 1 is 1.31 bits per heavy atom. The maximum absolute atomic E-state index is 13.1. The number of anilines is 1. The molecule has 2 rings (SSSR count). The van der Waals surface area contributed by atoms with Gasteiger partial charge in [-0.15, -0.1) is 0 Å². The van der Waals surface area contributed by atoms with Gasteiger partial charge in [-0.25, -0.2) is 23.3 Å². The van der Waals surface area contributed by atoms with Crippen molar-refractivity contribution in [3.05, 3.63) is 12.4 Å². The van der Waals surface area contributed by atoms with Gasteiger partial charge in [-0.2, -0.15) is 26.7 Å². The summed E-state index contributed by atoms with van der Waals surface area (Å²) in [6, 6.07) is -0.593. The summed E-state index contributed by atoms with van der Waals surface area (Å²) in [5.41, 5.74) is -0.965. The number of alkyl halides is 3. The number of halogens is 3. The average molecular weight is 485 g/mol. The van der Waals surface area contributed by atoms with Crippen LogP contribution in [0.5, 0.6) is 0 Å². The zero-order chi connectivity index (χ0) is 24.3. The van der Waals surface area contributed by atoms with Crippen molar-refractivity contribution >= 4 is 28.0 Å². The number of carbonyl (C=O) groups is 2. The average Bonchev–Trinajstić information content (AvgIpc) is 3.04. The minimum absolute atomic E-state index is 0.0237. The summed E-state index contributed by atoms with van der Waals surface area (Å²) >= 11 is 0. The number of aromatic nitrogens is 2. The first-order chi connectivity index (χ1) is 14.6. The third-order valence-corrected chi connectivity index (χ3v) is 5.69. The zero-order valence-corrected chi connectivity index (χ0v) is 18.9. The smallest absolute Gasteiger partial charge is 0.443 e. The third-order valence-electron chi connectivity index (χ3n) is 4.23. The Morgan fingerprint density at radius 2 is 1.97 bits per heavy atom. The summed E-state index contributed by atoms with van der Waals surface area (Å²) in [4.78, 5) is 24.9. The molecule has 1 aliphatic heterocycles. The van der Waals surface area contributed by atoms with Crippen molar-refractivity contribution in [2.75, 3.05) is 24.4 Å². The number of nitrogens with zero attached hydrogens (tertiary/aromatic N) is 4. The fourth-order valence-corrected chi connectivity index (χ4v) is 4.36. The summed E-state index contributed by atoms with van der Waals surface area (Å²) in [5, 5.41) is 3.77. The number of carbonyl (C=O) groups excluding carboxylic acids is 2. The minimum atomic E-state index is -5.17. The molecule has 0 aliphatic carbocycles. The summed E-state index contributed by atoms with van der Waals surface area (Å²) in [6.45, 7) is 4.91. The summed E-state index contributed by atoms with van der Waals surface area (Å²) in [6.07, 6.45) is -3.02. The quantitative estimate of drug-likeness (QED) is 0.603. The Kier molecular flexibility index (Phi) is 7.65. The molecule has 1 aliphatic rings. The maximum atomic E-state index is 13.1. The molecule has 0 radical (unpaired) electrons. The first-order valence-electron chi connectivity index (χ1n) is 9.58. The van der Waals surface area contributed by atoms with Crippen LogP contribution in [0.4, 0.5) is 23.7 Å². The van der Waals surface area contributed by atoms with E-state index in [4.69, 9.17) is 4.74 Å². The first-order valence-corrected chi connectivity index (χ1v) is 11.0. The molecule has 2 heterocycles. The van der Waals surface area contributed by atoms with Crippen LogP contribution in [-0.4, -0.2) is 73.1 Å². The highest BCUT2D eigenvalue weighted by atomic mass is 32.2. The van der Waals surface area contributed by atoms with Gasteiger partial charge in [-0.1, -0.05) is 0 Å². The summed E-state index contributed by atoms with van der Waals surface area (Å²) < 4.78 is 75.8. The van der Waals surface area contributed by atoms with E-state index in [2.05, 4.69) is 9.84 Å². The number of nitrogens with one attached hydrogen (secondary N) is 1. The van der Waals surface area contributed by atoms with E-state index in [0.717, 1.165) is 27.9 Å². The number of likely N-dealkylation sites (tertiary alicyclic amines) is 1. The van der Waals surface area contributed by atoms with E-state index in [1.807, 2.05) is 9.62 Å². The highest BCUT2D eigenvalue weighted by molar-refractivity contribution is 7.91. The number of piperidine rings is 1. The van der Waals surface area contributed by atoms with E-state index in [-0.39, 0.29) is 5.69 Å². The Hall–Kier alpha value is -2.55. The fourth-order valence-electron chi connectivity index (χ4n) is 3.07. The molecule has 1 unspecified atom stereocenters. The molecule has 0 saturated carbocycles. The molecule has 11 nitrogen and oxygen atoms in total. The van der Waals surface area contributed by atoms with Crippen LogP contribution < -0.4 is 9.03 Å². The van der Waals surface area contributed by atoms with E-state index in [0.29, 0.717) is 19.4 Å². The second-order valence-electron chi connectivity index (χ2n) is 8.26. The van der Waals surface area contributed by atoms with Gasteiger partial charge in [0.05, 0.1) is 24.1 Å². The zero-order valence-electron chi connectivity index (χ0n) is 18.0. The van der Waals surface area contributed by atoms with Crippen molar-refractivity contribution in [1.82, 2.24) is 19.4 Å². The van der Waals surface area contributed by atoms with Gasteiger partial charge in [0.25, 0.3) is 0 Å². The van der Waals surface area contributed by atoms with Crippen molar-refractivity contribution in [2.24, 2.45) is 0 Å². The molecule has 0 bridgehead atoms. The van der Waals surface area contributed by atoms with Crippen LogP contribution in [0.2, 0.25) is 0 Å². The lowest BCUT2D eigenvalue weighted by molar-refractivity contribution is -0.203. The summed E-state index contributed by atoms with van der Waals surface area (Å²) in [5.74, 6) is -2.40. The number of rotatable bonds is 6. The van der Waals surface area contributed by atoms with Crippen molar-refractivity contribution in [3.8, 4) is 0 Å². The predicted molar refractivity (Wildman–Crippen MR) is 106 cm³/mol. The lowest BCUT2D eigenvalue weighted by Crippen LogP contribution is -2.54. The lowest BCUT2D eigenvalue weighted by Gasteiger charge is -2.37. The van der Waals surface area contributed by atoms with Gasteiger partial charge < -0.3 is 14.4 Å². The number of amides is 1. The number of ether oxygens (including phenoxy) is 2. The van der Waals surface area contributed by atoms with Gasteiger partial charge >= 0.3 is 28.4 Å². The highest BCUT2D eigenvalue weighted by Crippen LogP contribution is 2.26. The molecule has 0 spiro atoms. The molecule has 1 aromatic rings. The monoisotopic (exact) mass is 485 g/mol. The van der Waals surface area contributed by atoms with Gasteiger partial charge in [-0.05, 0) is 47.2 Å². The van der Waals surface area contributed by atoms with Crippen LogP contribution in [0.3, 0.4) is 0 Å². The number of hydrogen-bond donors (Lipinski definition) is 1. The van der Waals surface area contributed by atoms with Crippen LogP contribution in [0.25, 0.3) is 0 Å². The number of likely N-dealkylation sites (N-methyl/N-ethyl adjacent to an activating group) is 1. The second-order valence-corrected chi connectivity index (χ2v) is 9.81. The molecule has 1 saturated heterocycles. The van der Waals surface area contributed by atoms with Crippen LogP contribution in [-0.2, 0) is 31.2 Å². The molecule has 32 heavy (non-hydrogen) atoms. The topological polar surface area (TPSA) is 123 Å². The van der Waals surface area contributed by atoms with Gasteiger partial charge in [0.2, 0.25) is 0 Å². The first kappa shape index (κ1) is 25.7. The Morgan fingerprint density at radius 3 is 2.53 bits per heavy atom. The molecular formula is C17H26F3N5O6S. The van der Waals surface area contributed by atoms with Crippen molar-refractivity contribution in [3.63, 3.8) is 0 Å². The van der Waals surface area contributed by atoms with E-state index in [9.17, 15) is 31.2 Å². The molecular weight excluding hydrogens is 459 g/mol.